The molecule has 0 bridgehead atoms. The van der Waals surface area contributed by atoms with Crippen molar-refractivity contribution in [2.75, 3.05) is 13.2 Å². The summed E-state index contributed by atoms with van der Waals surface area (Å²) in [5.41, 5.74) is 0.210. The van der Waals surface area contributed by atoms with Crippen molar-refractivity contribution >= 4 is 21.9 Å². The van der Waals surface area contributed by atoms with Gasteiger partial charge in [-0.15, -0.1) is 0 Å². The van der Waals surface area contributed by atoms with Crippen molar-refractivity contribution in [2.24, 2.45) is 0 Å². The maximum atomic E-state index is 10.9. The van der Waals surface area contributed by atoms with Gasteiger partial charge in [0.15, 0.2) is 0 Å². The van der Waals surface area contributed by atoms with E-state index in [1.54, 1.807) is 12.1 Å². The van der Waals surface area contributed by atoms with Gasteiger partial charge in [0.1, 0.15) is 12.4 Å². The number of hydrogen-bond donors (Lipinski definition) is 1. The molecule has 1 N–H and O–H groups in total. The third-order valence-corrected chi connectivity index (χ3v) is 3.04. The quantitative estimate of drug-likeness (QED) is 0.929. The number of rotatable bonds is 4. The second kappa shape index (κ2) is 5.51. The Morgan fingerprint density at radius 2 is 2.35 bits per heavy atom. The van der Waals surface area contributed by atoms with E-state index in [4.69, 9.17) is 14.6 Å². The number of carboxylic acid groups (broad SMARTS) is 1. The van der Waals surface area contributed by atoms with Crippen LogP contribution in [0.2, 0.25) is 0 Å². The first-order valence-electron chi connectivity index (χ1n) is 5.43. The summed E-state index contributed by atoms with van der Waals surface area (Å²) in [7, 11) is 0. The van der Waals surface area contributed by atoms with Gasteiger partial charge in [0.05, 0.1) is 11.7 Å². The summed E-state index contributed by atoms with van der Waals surface area (Å²) in [4.78, 5) is 10.9. The number of halogens is 1. The third-order valence-electron chi connectivity index (χ3n) is 2.58. The fourth-order valence-electron chi connectivity index (χ4n) is 1.73. The lowest BCUT2D eigenvalue weighted by Gasteiger charge is -2.12. The monoisotopic (exact) mass is 300 g/mol. The first-order valence-corrected chi connectivity index (χ1v) is 6.23. The summed E-state index contributed by atoms with van der Waals surface area (Å²) in [6.07, 6.45) is 2.19. The third kappa shape index (κ3) is 3.44. The summed E-state index contributed by atoms with van der Waals surface area (Å²) in [6, 6.07) is 4.81. The van der Waals surface area contributed by atoms with Crippen LogP contribution in [0.3, 0.4) is 0 Å². The van der Waals surface area contributed by atoms with Crippen LogP contribution in [0, 0.1) is 0 Å². The topological polar surface area (TPSA) is 55.8 Å². The summed E-state index contributed by atoms with van der Waals surface area (Å²) < 4.78 is 11.7. The van der Waals surface area contributed by atoms with E-state index in [0.29, 0.717) is 16.8 Å². The lowest BCUT2D eigenvalue weighted by atomic mass is 10.2. The van der Waals surface area contributed by atoms with Crippen LogP contribution in [-0.2, 0) is 4.74 Å². The minimum atomic E-state index is -0.965. The van der Waals surface area contributed by atoms with Crippen molar-refractivity contribution in [3.63, 3.8) is 0 Å². The molecule has 1 fully saturated rings. The normalized spacial score (nSPS) is 19.2. The molecule has 1 aliphatic rings. The first-order chi connectivity index (χ1) is 8.15. The van der Waals surface area contributed by atoms with Crippen LogP contribution >= 0.6 is 15.9 Å². The molecule has 0 aromatic heterocycles. The molecule has 1 atom stereocenters. The van der Waals surface area contributed by atoms with E-state index >= 15 is 0 Å². The van der Waals surface area contributed by atoms with Crippen LogP contribution in [0.25, 0.3) is 0 Å². The highest BCUT2D eigenvalue weighted by Gasteiger charge is 2.16. The Morgan fingerprint density at radius 1 is 1.53 bits per heavy atom. The minimum absolute atomic E-state index is 0.127. The molecule has 0 aliphatic carbocycles. The molecule has 0 saturated carbocycles. The van der Waals surface area contributed by atoms with E-state index in [9.17, 15) is 4.79 Å². The molecule has 1 aromatic carbocycles. The molecule has 2 rings (SSSR count). The van der Waals surface area contributed by atoms with Gasteiger partial charge in [0.2, 0.25) is 0 Å². The van der Waals surface area contributed by atoms with E-state index in [1.165, 1.54) is 6.07 Å². The van der Waals surface area contributed by atoms with Gasteiger partial charge in [-0.25, -0.2) is 4.79 Å². The smallest absolute Gasteiger partial charge is 0.335 e. The van der Waals surface area contributed by atoms with E-state index in [2.05, 4.69) is 15.9 Å². The van der Waals surface area contributed by atoms with Crippen molar-refractivity contribution in [2.45, 2.75) is 18.9 Å². The number of carbonyl (C=O) groups is 1. The summed E-state index contributed by atoms with van der Waals surface area (Å²) in [5.74, 6) is -0.416. The maximum absolute atomic E-state index is 10.9. The standard InChI is InChI=1S/C12H13BrO4/c13-9-4-8(12(14)15)5-11(6-9)17-7-10-2-1-3-16-10/h4-6,10H,1-3,7H2,(H,14,15)/t10-/m0/s1. The molecule has 1 heterocycles. The number of ether oxygens (including phenoxy) is 2. The van der Waals surface area contributed by atoms with E-state index in [-0.39, 0.29) is 11.7 Å². The average Bonchev–Trinajstić information content (AvgIpc) is 2.78. The molecule has 92 valence electrons. The van der Waals surface area contributed by atoms with Crippen LogP contribution in [0.4, 0.5) is 0 Å². The molecule has 1 aliphatic heterocycles. The van der Waals surface area contributed by atoms with Crippen molar-refractivity contribution in [3.05, 3.63) is 28.2 Å². The second-order valence-corrected chi connectivity index (χ2v) is 4.84. The fourth-order valence-corrected chi connectivity index (χ4v) is 2.21. The highest BCUT2D eigenvalue weighted by atomic mass is 79.9. The number of carboxylic acids is 1. The summed E-state index contributed by atoms with van der Waals surface area (Å²) >= 11 is 3.26. The van der Waals surface area contributed by atoms with Crippen LogP contribution in [0.1, 0.15) is 23.2 Å². The molecule has 0 amide bonds. The predicted molar refractivity (Wildman–Crippen MR) is 65.6 cm³/mol. The van der Waals surface area contributed by atoms with Gasteiger partial charge < -0.3 is 14.6 Å². The molecule has 5 heteroatoms. The molecule has 0 unspecified atom stereocenters. The largest absolute Gasteiger partial charge is 0.491 e. The van der Waals surface area contributed by atoms with Gasteiger partial charge in [-0.05, 0) is 31.0 Å². The molecule has 1 aromatic rings. The first kappa shape index (κ1) is 12.4. The van der Waals surface area contributed by atoms with E-state index < -0.39 is 5.97 Å². The van der Waals surface area contributed by atoms with E-state index in [1.807, 2.05) is 0 Å². The SMILES string of the molecule is O=C(O)c1cc(Br)cc(OC[C@@H]2CCCO2)c1. The zero-order chi connectivity index (χ0) is 12.3. The Bertz CT molecular complexity index is 413. The number of benzene rings is 1. The van der Waals surface area contributed by atoms with Crippen LogP contribution < -0.4 is 4.74 Å². The van der Waals surface area contributed by atoms with Gasteiger partial charge in [-0.2, -0.15) is 0 Å². The molecule has 1 saturated heterocycles. The van der Waals surface area contributed by atoms with Crippen molar-refractivity contribution in [1.82, 2.24) is 0 Å². The van der Waals surface area contributed by atoms with Crippen molar-refractivity contribution in [1.29, 1.82) is 0 Å². The zero-order valence-corrected chi connectivity index (χ0v) is 10.8. The van der Waals surface area contributed by atoms with Gasteiger partial charge in [-0.3, -0.25) is 0 Å². The maximum Gasteiger partial charge on any atom is 0.335 e. The molecule has 0 spiro atoms. The lowest BCUT2D eigenvalue weighted by Crippen LogP contribution is -2.16. The minimum Gasteiger partial charge on any atom is -0.491 e. The highest BCUT2D eigenvalue weighted by molar-refractivity contribution is 9.10. The van der Waals surface area contributed by atoms with Crippen LogP contribution in [-0.4, -0.2) is 30.4 Å². The van der Waals surface area contributed by atoms with Gasteiger partial charge >= 0.3 is 5.97 Å². The zero-order valence-electron chi connectivity index (χ0n) is 9.19. The molecule has 0 radical (unpaired) electrons. The molecular weight excluding hydrogens is 288 g/mol. The predicted octanol–water partition coefficient (Wildman–Crippen LogP) is 2.71. The number of aromatic carboxylic acids is 1. The summed E-state index contributed by atoms with van der Waals surface area (Å²) in [6.45, 7) is 1.25. The molecule has 4 nitrogen and oxygen atoms in total. The lowest BCUT2D eigenvalue weighted by molar-refractivity contribution is 0.0671. The Hall–Kier alpha value is -1.07. The second-order valence-electron chi connectivity index (χ2n) is 3.93. The summed E-state index contributed by atoms with van der Waals surface area (Å²) in [5, 5.41) is 8.91. The highest BCUT2D eigenvalue weighted by Crippen LogP contribution is 2.22. The number of hydrogen-bond acceptors (Lipinski definition) is 3. The fraction of sp³-hybridized carbons (Fsp3) is 0.417. The van der Waals surface area contributed by atoms with Crippen LogP contribution in [0.15, 0.2) is 22.7 Å². The Labute approximate surface area is 108 Å². The van der Waals surface area contributed by atoms with Gasteiger partial charge in [0, 0.05) is 11.1 Å². The molecular formula is C12H13BrO4. The Balaban J connectivity index is 2.01. The Morgan fingerprint density at radius 3 is 3.00 bits per heavy atom. The van der Waals surface area contributed by atoms with Crippen molar-refractivity contribution < 1.29 is 19.4 Å². The van der Waals surface area contributed by atoms with E-state index in [0.717, 1.165) is 19.4 Å². The van der Waals surface area contributed by atoms with Crippen LogP contribution in [0.5, 0.6) is 5.75 Å². The molecule has 17 heavy (non-hydrogen) atoms. The average molecular weight is 301 g/mol. The van der Waals surface area contributed by atoms with Gasteiger partial charge in [0.25, 0.3) is 0 Å². The van der Waals surface area contributed by atoms with Gasteiger partial charge in [-0.1, -0.05) is 15.9 Å². The van der Waals surface area contributed by atoms with Crippen molar-refractivity contribution in [3.8, 4) is 5.75 Å². The Kier molecular flexibility index (Phi) is 4.02.